The number of carbonyl (C=O) groups is 4. The highest BCUT2D eigenvalue weighted by molar-refractivity contribution is 6.53. The lowest BCUT2D eigenvalue weighted by molar-refractivity contribution is -0.120. The number of rotatable bonds is 8. The molecule has 0 atom stereocenters. The van der Waals surface area contributed by atoms with Crippen LogP contribution in [0.25, 0.3) is 0 Å². The molecule has 1 aliphatic heterocycles. The maximum absolute atomic E-state index is 13.3. The van der Waals surface area contributed by atoms with Crippen LogP contribution >= 0.6 is 23.2 Å². The summed E-state index contributed by atoms with van der Waals surface area (Å²) in [6, 6.07) is 17.6. The second-order valence-corrected chi connectivity index (χ2v) is 9.22. The first kappa shape index (κ1) is 26.9. The Morgan fingerprint density at radius 2 is 1.71 bits per heavy atom. The number of nitrogens with zero attached hydrogens (tertiary/aromatic N) is 1. The molecule has 8 nitrogen and oxygen atoms in total. The van der Waals surface area contributed by atoms with E-state index in [1.165, 1.54) is 18.2 Å². The van der Waals surface area contributed by atoms with Gasteiger partial charge in [0.25, 0.3) is 17.7 Å². The van der Waals surface area contributed by atoms with E-state index >= 15 is 0 Å². The number of anilines is 3. The average Bonchev–Trinajstić information content (AvgIpc) is 3.11. The van der Waals surface area contributed by atoms with Gasteiger partial charge in [0.1, 0.15) is 10.7 Å². The summed E-state index contributed by atoms with van der Waals surface area (Å²) in [5.41, 5.74) is 2.00. The number of para-hydroxylation sites is 1. The number of esters is 1. The van der Waals surface area contributed by atoms with Gasteiger partial charge < -0.3 is 15.4 Å². The van der Waals surface area contributed by atoms with Crippen molar-refractivity contribution in [2.24, 2.45) is 0 Å². The Kier molecular flexibility index (Phi) is 8.14. The fourth-order valence-electron chi connectivity index (χ4n) is 3.79. The van der Waals surface area contributed by atoms with Crippen LogP contribution in [-0.2, 0) is 14.3 Å². The summed E-state index contributed by atoms with van der Waals surface area (Å²) in [5.74, 6) is -2.58. The van der Waals surface area contributed by atoms with Gasteiger partial charge in [-0.15, -0.1) is 0 Å². The van der Waals surface area contributed by atoms with Crippen molar-refractivity contribution in [2.75, 3.05) is 22.1 Å². The summed E-state index contributed by atoms with van der Waals surface area (Å²) in [6.45, 7) is 3.87. The lowest BCUT2D eigenvalue weighted by atomic mass is 10.1. The second-order valence-electron chi connectivity index (χ2n) is 8.41. The van der Waals surface area contributed by atoms with Crippen LogP contribution in [0.4, 0.5) is 17.1 Å². The minimum atomic E-state index is -0.790. The van der Waals surface area contributed by atoms with Gasteiger partial charge in [-0.1, -0.05) is 48.3 Å². The maximum Gasteiger partial charge on any atom is 0.340 e. The van der Waals surface area contributed by atoms with Crippen molar-refractivity contribution in [2.45, 2.75) is 20.3 Å². The second kappa shape index (κ2) is 11.5. The Hall–Kier alpha value is -4.14. The lowest BCUT2D eigenvalue weighted by Crippen LogP contribution is -2.33. The van der Waals surface area contributed by atoms with E-state index < -0.39 is 17.8 Å². The number of carbonyl (C=O) groups excluding carboxylic acids is 4. The number of imide groups is 1. The first-order chi connectivity index (χ1) is 18.2. The first-order valence-electron chi connectivity index (χ1n) is 11.7. The molecule has 10 heteroatoms. The molecule has 3 amide bonds. The third-order valence-corrected chi connectivity index (χ3v) is 6.25. The van der Waals surface area contributed by atoms with Crippen molar-refractivity contribution in [3.63, 3.8) is 0 Å². The van der Waals surface area contributed by atoms with E-state index in [-0.39, 0.29) is 34.5 Å². The van der Waals surface area contributed by atoms with Gasteiger partial charge in [0.05, 0.1) is 17.9 Å². The summed E-state index contributed by atoms with van der Waals surface area (Å²) >= 11 is 12.3. The molecule has 0 bridgehead atoms. The molecule has 0 aliphatic carbocycles. The molecule has 1 heterocycles. The van der Waals surface area contributed by atoms with E-state index in [1.54, 1.807) is 48.5 Å². The van der Waals surface area contributed by atoms with Gasteiger partial charge in [0.2, 0.25) is 0 Å². The number of aryl methyl sites for hydroxylation is 1. The van der Waals surface area contributed by atoms with Gasteiger partial charge in [0.15, 0.2) is 0 Å². The number of hydrogen-bond acceptors (Lipinski definition) is 6. The summed E-state index contributed by atoms with van der Waals surface area (Å²) in [4.78, 5) is 52.5. The molecular weight excluding hydrogens is 529 g/mol. The predicted octanol–water partition coefficient (Wildman–Crippen LogP) is 5.90. The molecular formula is C28H23Cl2N3O5. The Morgan fingerprint density at radius 1 is 0.947 bits per heavy atom. The maximum atomic E-state index is 13.3. The number of amides is 3. The number of ether oxygens (including phenoxy) is 1. The van der Waals surface area contributed by atoms with Crippen molar-refractivity contribution >= 4 is 64.0 Å². The van der Waals surface area contributed by atoms with Crippen LogP contribution in [-0.4, -0.2) is 30.3 Å². The lowest BCUT2D eigenvalue weighted by Gasteiger charge is -2.18. The molecule has 2 N–H and O–H groups in total. The third kappa shape index (κ3) is 5.56. The van der Waals surface area contributed by atoms with Crippen LogP contribution in [0.15, 0.2) is 77.5 Å². The smallest absolute Gasteiger partial charge is 0.340 e. The van der Waals surface area contributed by atoms with Crippen LogP contribution < -0.4 is 15.5 Å². The summed E-state index contributed by atoms with van der Waals surface area (Å²) in [5, 5.41) is 5.88. The molecule has 3 aromatic carbocycles. The Labute approximate surface area is 229 Å². The molecule has 0 saturated heterocycles. The summed E-state index contributed by atoms with van der Waals surface area (Å²) in [7, 11) is 0. The third-order valence-electron chi connectivity index (χ3n) is 5.66. The van der Waals surface area contributed by atoms with Crippen molar-refractivity contribution in [1.82, 2.24) is 0 Å². The molecule has 4 rings (SSSR count). The van der Waals surface area contributed by atoms with Gasteiger partial charge in [-0.25, -0.2) is 9.69 Å². The van der Waals surface area contributed by atoms with E-state index in [9.17, 15) is 19.2 Å². The molecule has 3 aromatic rings. The van der Waals surface area contributed by atoms with Crippen LogP contribution in [0.2, 0.25) is 5.02 Å². The number of nitrogens with one attached hydrogen (secondary N) is 2. The van der Waals surface area contributed by atoms with Crippen LogP contribution in [0.5, 0.6) is 0 Å². The highest BCUT2D eigenvalue weighted by atomic mass is 35.5. The normalized spacial score (nSPS) is 13.1. The largest absolute Gasteiger partial charge is 0.462 e. The molecule has 0 saturated carbocycles. The minimum absolute atomic E-state index is 0.0597. The molecule has 0 unspecified atom stereocenters. The zero-order valence-corrected chi connectivity index (χ0v) is 22.0. The van der Waals surface area contributed by atoms with Gasteiger partial charge in [-0.3, -0.25) is 14.4 Å². The van der Waals surface area contributed by atoms with Gasteiger partial charge >= 0.3 is 5.97 Å². The van der Waals surface area contributed by atoms with Gasteiger partial charge in [-0.2, -0.15) is 0 Å². The topological polar surface area (TPSA) is 105 Å². The predicted molar refractivity (Wildman–Crippen MR) is 147 cm³/mol. The molecule has 0 aromatic heterocycles. The Bertz CT molecular complexity index is 1480. The monoisotopic (exact) mass is 551 g/mol. The van der Waals surface area contributed by atoms with Crippen LogP contribution in [0.1, 0.15) is 39.6 Å². The average molecular weight is 552 g/mol. The summed E-state index contributed by atoms with van der Waals surface area (Å²) < 4.78 is 5.19. The van der Waals surface area contributed by atoms with Crippen LogP contribution in [0.3, 0.4) is 0 Å². The highest BCUT2D eigenvalue weighted by Crippen LogP contribution is 2.32. The van der Waals surface area contributed by atoms with Crippen molar-refractivity contribution in [1.29, 1.82) is 0 Å². The fraction of sp³-hybridized carbons (Fsp3) is 0.143. The van der Waals surface area contributed by atoms with E-state index in [4.69, 9.17) is 27.9 Å². The summed E-state index contributed by atoms with van der Waals surface area (Å²) in [6.07, 6.45) is 0.618. The first-order valence-corrected chi connectivity index (χ1v) is 12.5. The van der Waals surface area contributed by atoms with Crippen LogP contribution in [0, 0.1) is 6.92 Å². The standard InChI is InChI=1S/C28H23Cl2N3O5/c1-3-13-38-28(37)20-9-4-5-10-22(20)33-26(35)23(30)24(27(33)36)31-19-8-6-7-17(15-19)25(34)32-21-12-11-18(29)14-16(21)2/h4-12,14-15,31H,3,13H2,1-2H3,(H,32,34). The molecule has 1 aliphatic rings. The van der Waals surface area contributed by atoms with Crippen molar-refractivity contribution in [3.8, 4) is 0 Å². The zero-order chi connectivity index (χ0) is 27.4. The van der Waals surface area contributed by atoms with Gasteiger partial charge in [-0.05, 0) is 67.4 Å². The molecule has 194 valence electrons. The van der Waals surface area contributed by atoms with E-state index in [0.29, 0.717) is 28.4 Å². The molecule has 0 spiro atoms. The highest BCUT2D eigenvalue weighted by Gasteiger charge is 2.40. The molecule has 0 fully saturated rings. The Balaban J connectivity index is 1.56. The minimum Gasteiger partial charge on any atom is -0.462 e. The van der Waals surface area contributed by atoms with E-state index in [0.717, 1.165) is 10.5 Å². The number of hydrogen-bond donors (Lipinski definition) is 2. The SMILES string of the molecule is CCCOC(=O)c1ccccc1N1C(=O)C(Cl)=C(Nc2cccc(C(=O)Nc3ccc(Cl)cc3C)c2)C1=O. The Morgan fingerprint density at radius 3 is 2.45 bits per heavy atom. The number of halogens is 2. The fourth-order valence-corrected chi connectivity index (χ4v) is 4.23. The number of benzene rings is 3. The van der Waals surface area contributed by atoms with Crippen molar-refractivity contribution in [3.05, 3.63) is 99.2 Å². The van der Waals surface area contributed by atoms with Crippen molar-refractivity contribution < 1.29 is 23.9 Å². The zero-order valence-electron chi connectivity index (χ0n) is 20.5. The van der Waals surface area contributed by atoms with E-state index in [1.807, 2.05) is 13.8 Å². The molecule has 0 radical (unpaired) electrons. The molecule has 38 heavy (non-hydrogen) atoms. The van der Waals surface area contributed by atoms with Gasteiger partial charge in [0, 0.05) is 22.0 Å². The van der Waals surface area contributed by atoms with E-state index in [2.05, 4.69) is 10.6 Å². The quantitative estimate of drug-likeness (QED) is 0.266.